The van der Waals surface area contributed by atoms with Crippen LogP contribution >= 0.6 is 0 Å². The Kier molecular flexibility index (Phi) is 3.10. The van der Waals surface area contributed by atoms with E-state index in [2.05, 4.69) is 5.32 Å². The molecule has 0 amide bonds. The van der Waals surface area contributed by atoms with Gasteiger partial charge in [-0.2, -0.15) is 0 Å². The molecule has 1 aromatic rings. The summed E-state index contributed by atoms with van der Waals surface area (Å²) >= 11 is 0. The summed E-state index contributed by atoms with van der Waals surface area (Å²) in [6.45, 7) is 1.17. The van der Waals surface area contributed by atoms with E-state index in [1.54, 1.807) is 6.07 Å². The summed E-state index contributed by atoms with van der Waals surface area (Å²) in [5, 5.41) is 3.06. The molecule has 0 unspecified atom stereocenters. The Bertz CT molecular complexity index is 375. The first-order valence-corrected chi connectivity index (χ1v) is 5.39. The van der Waals surface area contributed by atoms with Gasteiger partial charge in [-0.3, -0.25) is 0 Å². The lowest BCUT2D eigenvalue weighted by molar-refractivity contribution is 0.110. The van der Waals surface area contributed by atoms with Crippen molar-refractivity contribution >= 4 is 0 Å². The van der Waals surface area contributed by atoms with Crippen molar-refractivity contribution in [3.8, 4) is 5.75 Å². The second kappa shape index (κ2) is 4.37. The summed E-state index contributed by atoms with van der Waals surface area (Å²) in [6.07, 6.45) is 0.631. The van der Waals surface area contributed by atoms with Gasteiger partial charge in [0.05, 0.1) is 7.11 Å². The monoisotopic (exact) mass is 227 g/mol. The first kappa shape index (κ1) is 11.3. The van der Waals surface area contributed by atoms with E-state index in [9.17, 15) is 8.78 Å². The Morgan fingerprint density at radius 3 is 2.56 bits per heavy atom. The van der Waals surface area contributed by atoms with Gasteiger partial charge in [-0.1, -0.05) is 0 Å². The van der Waals surface area contributed by atoms with Gasteiger partial charge in [-0.25, -0.2) is 8.78 Å². The lowest BCUT2D eigenvalue weighted by atomic mass is 9.86. The molecule has 0 aromatic heterocycles. The molecule has 16 heavy (non-hydrogen) atoms. The maximum atomic E-state index is 14.5. The normalized spacial score (nSPS) is 19.4. The van der Waals surface area contributed by atoms with E-state index in [0.29, 0.717) is 31.7 Å². The molecule has 2 rings (SSSR count). The minimum atomic E-state index is -1.54. The van der Waals surface area contributed by atoms with Gasteiger partial charge in [-0.15, -0.1) is 0 Å². The number of benzene rings is 1. The molecule has 1 aromatic carbocycles. The lowest BCUT2D eigenvalue weighted by Gasteiger charge is -2.30. The van der Waals surface area contributed by atoms with Crippen molar-refractivity contribution in [2.24, 2.45) is 0 Å². The summed E-state index contributed by atoms with van der Waals surface area (Å²) in [4.78, 5) is 0. The zero-order valence-electron chi connectivity index (χ0n) is 9.22. The number of methoxy groups -OCH3 is 1. The highest BCUT2D eigenvalue weighted by Crippen LogP contribution is 2.37. The quantitative estimate of drug-likeness (QED) is 0.837. The molecule has 4 heteroatoms. The van der Waals surface area contributed by atoms with Gasteiger partial charge in [0.25, 0.3) is 0 Å². The molecule has 0 saturated carbocycles. The number of alkyl halides is 1. The first-order chi connectivity index (χ1) is 7.65. The van der Waals surface area contributed by atoms with Crippen LogP contribution in [0.15, 0.2) is 18.2 Å². The SMILES string of the molecule is COc1ccc(C2(F)CCNCC2)c(F)c1. The number of ether oxygens (including phenoxy) is 1. The molecule has 1 fully saturated rings. The number of halogens is 2. The van der Waals surface area contributed by atoms with Crippen LogP contribution in [0.2, 0.25) is 0 Å². The molecule has 1 N–H and O–H groups in total. The van der Waals surface area contributed by atoms with Crippen molar-refractivity contribution in [2.45, 2.75) is 18.5 Å². The predicted octanol–water partition coefficient (Wildman–Crippen LogP) is 2.38. The summed E-state index contributed by atoms with van der Waals surface area (Å²) < 4.78 is 33.1. The molecule has 0 bridgehead atoms. The molecule has 1 aliphatic heterocycles. The molecular formula is C12H15F2NO. The molecule has 0 spiro atoms. The smallest absolute Gasteiger partial charge is 0.141 e. The summed E-state index contributed by atoms with van der Waals surface area (Å²) in [5.74, 6) is -0.109. The van der Waals surface area contributed by atoms with Crippen LogP contribution in [-0.2, 0) is 5.67 Å². The maximum absolute atomic E-state index is 14.5. The Morgan fingerprint density at radius 2 is 2.00 bits per heavy atom. The molecule has 88 valence electrons. The van der Waals surface area contributed by atoms with Crippen molar-refractivity contribution in [1.29, 1.82) is 0 Å². The Morgan fingerprint density at radius 1 is 1.31 bits per heavy atom. The van der Waals surface area contributed by atoms with Crippen LogP contribution < -0.4 is 10.1 Å². The molecule has 0 aliphatic carbocycles. The first-order valence-electron chi connectivity index (χ1n) is 5.39. The highest BCUT2D eigenvalue weighted by atomic mass is 19.1. The van der Waals surface area contributed by atoms with Crippen molar-refractivity contribution in [3.05, 3.63) is 29.6 Å². The van der Waals surface area contributed by atoms with Crippen LogP contribution in [0.4, 0.5) is 8.78 Å². The van der Waals surface area contributed by atoms with Crippen molar-refractivity contribution in [1.82, 2.24) is 5.32 Å². The molecule has 1 heterocycles. The third kappa shape index (κ3) is 2.02. The number of rotatable bonds is 2. The number of nitrogens with one attached hydrogen (secondary N) is 1. The van der Waals surface area contributed by atoms with Crippen LogP contribution in [0.25, 0.3) is 0 Å². The van der Waals surface area contributed by atoms with E-state index in [1.165, 1.54) is 19.2 Å². The van der Waals surface area contributed by atoms with Gasteiger partial charge in [0.1, 0.15) is 17.2 Å². The minimum Gasteiger partial charge on any atom is -0.497 e. The topological polar surface area (TPSA) is 21.3 Å². The van der Waals surface area contributed by atoms with E-state index < -0.39 is 11.5 Å². The second-order valence-corrected chi connectivity index (χ2v) is 4.06. The zero-order chi connectivity index (χ0) is 11.6. The minimum absolute atomic E-state index is 0.148. The van der Waals surface area contributed by atoms with Gasteiger partial charge >= 0.3 is 0 Å². The third-order valence-electron chi connectivity index (χ3n) is 3.06. The van der Waals surface area contributed by atoms with E-state index in [-0.39, 0.29) is 5.56 Å². The average molecular weight is 227 g/mol. The molecule has 2 nitrogen and oxygen atoms in total. The maximum Gasteiger partial charge on any atom is 0.141 e. The highest BCUT2D eigenvalue weighted by Gasteiger charge is 2.36. The standard InChI is InChI=1S/C12H15F2NO/c1-16-9-2-3-10(11(13)8-9)12(14)4-6-15-7-5-12/h2-3,8,15H,4-7H2,1H3. The van der Waals surface area contributed by atoms with E-state index in [0.717, 1.165) is 0 Å². The fourth-order valence-corrected chi connectivity index (χ4v) is 2.08. The fourth-order valence-electron chi connectivity index (χ4n) is 2.08. The van der Waals surface area contributed by atoms with E-state index >= 15 is 0 Å². The van der Waals surface area contributed by atoms with Gasteiger partial charge in [0.2, 0.25) is 0 Å². The van der Waals surface area contributed by atoms with Crippen LogP contribution in [0.3, 0.4) is 0 Å². The van der Waals surface area contributed by atoms with Crippen molar-refractivity contribution < 1.29 is 13.5 Å². The molecule has 1 aliphatic rings. The van der Waals surface area contributed by atoms with Gasteiger partial charge in [0.15, 0.2) is 0 Å². The van der Waals surface area contributed by atoms with Gasteiger partial charge in [-0.05, 0) is 38.1 Å². The number of hydrogen-bond donors (Lipinski definition) is 1. The van der Waals surface area contributed by atoms with Crippen molar-refractivity contribution in [2.75, 3.05) is 20.2 Å². The van der Waals surface area contributed by atoms with Crippen LogP contribution in [0, 0.1) is 5.82 Å². The zero-order valence-corrected chi connectivity index (χ0v) is 9.22. The van der Waals surface area contributed by atoms with E-state index in [4.69, 9.17) is 4.74 Å². The van der Waals surface area contributed by atoms with Crippen LogP contribution in [0.5, 0.6) is 5.75 Å². The summed E-state index contributed by atoms with van der Waals surface area (Å²) in [5.41, 5.74) is -1.39. The summed E-state index contributed by atoms with van der Waals surface area (Å²) in [7, 11) is 1.46. The van der Waals surface area contributed by atoms with Crippen molar-refractivity contribution in [3.63, 3.8) is 0 Å². The van der Waals surface area contributed by atoms with Gasteiger partial charge in [0, 0.05) is 11.6 Å². The average Bonchev–Trinajstić information content (AvgIpc) is 2.29. The Balaban J connectivity index is 2.32. The predicted molar refractivity (Wildman–Crippen MR) is 57.8 cm³/mol. The third-order valence-corrected chi connectivity index (χ3v) is 3.06. The highest BCUT2D eigenvalue weighted by molar-refractivity contribution is 5.33. The largest absolute Gasteiger partial charge is 0.497 e. The molecule has 1 saturated heterocycles. The molecular weight excluding hydrogens is 212 g/mol. The second-order valence-electron chi connectivity index (χ2n) is 4.06. The van der Waals surface area contributed by atoms with E-state index in [1.807, 2.05) is 0 Å². The lowest BCUT2D eigenvalue weighted by Crippen LogP contribution is -2.37. The fraction of sp³-hybridized carbons (Fsp3) is 0.500. The molecule has 0 radical (unpaired) electrons. The Hall–Kier alpha value is -1.16. The number of piperidine rings is 1. The van der Waals surface area contributed by atoms with Gasteiger partial charge < -0.3 is 10.1 Å². The van der Waals surface area contributed by atoms with Crippen LogP contribution in [-0.4, -0.2) is 20.2 Å². The van der Waals surface area contributed by atoms with Crippen LogP contribution in [0.1, 0.15) is 18.4 Å². The summed E-state index contributed by atoms with van der Waals surface area (Å²) in [6, 6.07) is 4.32. The number of hydrogen-bond acceptors (Lipinski definition) is 2. The molecule has 0 atom stereocenters. The Labute approximate surface area is 93.6 Å².